The Balaban J connectivity index is 1.58. The van der Waals surface area contributed by atoms with E-state index in [0.717, 1.165) is 16.3 Å². The third kappa shape index (κ3) is 4.89. The first-order valence-electron chi connectivity index (χ1n) is 8.52. The number of aryl methyl sites for hydroxylation is 1. The van der Waals surface area contributed by atoms with Crippen molar-refractivity contribution in [2.45, 2.75) is 32.8 Å². The van der Waals surface area contributed by atoms with E-state index in [1.54, 1.807) is 23.7 Å². The summed E-state index contributed by atoms with van der Waals surface area (Å²) in [7, 11) is 0. The van der Waals surface area contributed by atoms with E-state index in [4.69, 9.17) is 4.74 Å². The molecule has 0 bridgehead atoms. The largest absolute Gasteiger partial charge is 0.489 e. The number of nitrogens with zero attached hydrogens (tertiary/aromatic N) is 2. The van der Waals surface area contributed by atoms with Crippen molar-refractivity contribution in [3.8, 4) is 17.0 Å². The molecule has 2 heterocycles. The number of pyridine rings is 1. The van der Waals surface area contributed by atoms with Gasteiger partial charge in [-0.25, -0.2) is 4.98 Å². The number of rotatable bonds is 7. The van der Waals surface area contributed by atoms with Crippen molar-refractivity contribution < 1.29 is 9.53 Å². The molecule has 2 aromatic heterocycles. The van der Waals surface area contributed by atoms with Crippen molar-refractivity contribution in [2.24, 2.45) is 0 Å². The van der Waals surface area contributed by atoms with Gasteiger partial charge in [0.1, 0.15) is 5.75 Å². The van der Waals surface area contributed by atoms with Crippen molar-refractivity contribution >= 4 is 22.9 Å². The van der Waals surface area contributed by atoms with Crippen LogP contribution in [0.15, 0.2) is 54.2 Å². The van der Waals surface area contributed by atoms with Crippen LogP contribution in [0.1, 0.15) is 25.3 Å². The zero-order chi connectivity index (χ0) is 18.4. The molecular weight excluding hydrogens is 346 g/mol. The molecule has 0 atom stereocenters. The Labute approximate surface area is 157 Å². The average molecular weight is 367 g/mol. The number of hydrogen-bond donors (Lipinski definition) is 1. The number of ether oxygens (including phenoxy) is 1. The molecule has 6 heteroatoms. The fourth-order valence-electron chi connectivity index (χ4n) is 2.44. The lowest BCUT2D eigenvalue weighted by atomic mass is 10.2. The lowest BCUT2D eigenvalue weighted by Crippen LogP contribution is -2.14. The van der Waals surface area contributed by atoms with Gasteiger partial charge in [-0.15, -0.1) is 11.3 Å². The van der Waals surface area contributed by atoms with E-state index in [1.165, 1.54) is 0 Å². The molecular formula is C20H21N3O2S. The number of benzene rings is 1. The molecule has 0 unspecified atom stereocenters. The fraction of sp³-hybridized carbons (Fsp3) is 0.250. The van der Waals surface area contributed by atoms with Gasteiger partial charge in [0.15, 0.2) is 0 Å². The minimum atomic E-state index is -0.0505. The van der Waals surface area contributed by atoms with Crippen LogP contribution in [-0.2, 0) is 11.2 Å². The second kappa shape index (κ2) is 8.58. The number of anilines is 1. The number of carbonyl (C=O) groups is 1. The molecule has 3 aromatic rings. The predicted octanol–water partition coefficient (Wildman–Crippen LogP) is 4.56. The van der Waals surface area contributed by atoms with Crippen molar-refractivity contribution in [3.63, 3.8) is 0 Å². The summed E-state index contributed by atoms with van der Waals surface area (Å²) in [5.41, 5.74) is 2.65. The van der Waals surface area contributed by atoms with E-state index in [2.05, 4.69) is 15.3 Å². The van der Waals surface area contributed by atoms with Crippen LogP contribution in [0.2, 0.25) is 0 Å². The minimum Gasteiger partial charge on any atom is -0.489 e. The maximum absolute atomic E-state index is 12.3. The second-order valence-electron chi connectivity index (χ2n) is 6.07. The van der Waals surface area contributed by atoms with Gasteiger partial charge in [-0.3, -0.25) is 9.78 Å². The highest BCUT2D eigenvalue weighted by molar-refractivity contribution is 7.09. The van der Waals surface area contributed by atoms with Crippen molar-refractivity contribution in [1.29, 1.82) is 0 Å². The number of nitrogens with one attached hydrogen (secondary N) is 1. The molecule has 1 aromatic carbocycles. The molecule has 0 saturated carbocycles. The van der Waals surface area contributed by atoms with Gasteiger partial charge in [0.25, 0.3) is 0 Å². The zero-order valence-corrected chi connectivity index (χ0v) is 15.6. The van der Waals surface area contributed by atoms with Gasteiger partial charge >= 0.3 is 0 Å². The van der Waals surface area contributed by atoms with Crippen molar-refractivity contribution in [3.05, 3.63) is 59.2 Å². The Bertz CT molecular complexity index is 862. The van der Waals surface area contributed by atoms with Crippen molar-refractivity contribution in [2.75, 3.05) is 5.32 Å². The lowest BCUT2D eigenvalue weighted by Gasteiger charge is -2.14. The molecule has 0 fully saturated rings. The van der Waals surface area contributed by atoms with Crippen molar-refractivity contribution in [1.82, 2.24) is 9.97 Å². The average Bonchev–Trinajstić information content (AvgIpc) is 3.11. The summed E-state index contributed by atoms with van der Waals surface area (Å²) < 4.78 is 5.73. The first-order chi connectivity index (χ1) is 12.6. The first kappa shape index (κ1) is 18.1. The van der Waals surface area contributed by atoms with E-state index < -0.39 is 0 Å². The molecule has 1 N–H and O–H groups in total. The van der Waals surface area contributed by atoms with Gasteiger partial charge in [0.2, 0.25) is 5.91 Å². The zero-order valence-electron chi connectivity index (χ0n) is 14.8. The van der Waals surface area contributed by atoms with Gasteiger partial charge in [-0.1, -0.05) is 12.1 Å². The molecule has 1 amide bonds. The monoisotopic (exact) mass is 367 g/mol. The standard InChI is InChI=1S/C20H21N3O2S/c1-14(2)25-18-6-4-3-5-16(18)22-19(24)7-8-20-23-17(13-26-20)15-9-11-21-12-10-15/h3-6,9-14H,7-8H2,1-2H3,(H,22,24). The summed E-state index contributed by atoms with van der Waals surface area (Å²) in [6.45, 7) is 3.92. The molecule has 3 rings (SSSR count). The Morgan fingerprint density at radius 2 is 1.96 bits per heavy atom. The lowest BCUT2D eigenvalue weighted by molar-refractivity contribution is -0.116. The van der Waals surface area contributed by atoms with Crippen LogP contribution >= 0.6 is 11.3 Å². The molecule has 0 aliphatic carbocycles. The van der Waals surface area contributed by atoms with Gasteiger partial charge in [-0.05, 0) is 38.1 Å². The minimum absolute atomic E-state index is 0.0505. The SMILES string of the molecule is CC(C)Oc1ccccc1NC(=O)CCc1nc(-c2ccncc2)cs1. The summed E-state index contributed by atoms with van der Waals surface area (Å²) in [4.78, 5) is 20.9. The summed E-state index contributed by atoms with van der Waals surface area (Å²) >= 11 is 1.57. The maximum Gasteiger partial charge on any atom is 0.224 e. The Morgan fingerprint density at radius 1 is 1.19 bits per heavy atom. The topological polar surface area (TPSA) is 64.1 Å². The van der Waals surface area contributed by atoms with Crippen LogP contribution in [0.5, 0.6) is 5.75 Å². The van der Waals surface area contributed by atoms with Gasteiger partial charge in [0.05, 0.1) is 22.5 Å². The van der Waals surface area contributed by atoms with Crippen LogP contribution in [-0.4, -0.2) is 22.0 Å². The van der Waals surface area contributed by atoms with Gasteiger partial charge in [0, 0.05) is 36.2 Å². The fourth-order valence-corrected chi connectivity index (χ4v) is 3.25. The van der Waals surface area contributed by atoms with E-state index in [-0.39, 0.29) is 12.0 Å². The molecule has 0 radical (unpaired) electrons. The normalized spacial score (nSPS) is 10.7. The van der Waals surface area contributed by atoms with Crippen LogP contribution in [0, 0.1) is 0 Å². The van der Waals surface area contributed by atoms with Crippen LogP contribution in [0.25, 0.3) is 11.3 Å². The summed E-state index contributed by atoms with van der Waals surface area (Å²) in [5.74, 6) is 0.635. The highest BCUT2D eigenvalue weighted by Crippen LogP contribution is 2.25. The molecule has 0 aliphatic heterocycles. The predicted molar refractivity (Wildman–Crippen MR) is 105 cm³/mol. The number of thiazole rings is 1. The smallest absolute Gasteiger partial charge is 0.224 e. The van der Waals surface area contributed by atoms with E-state index >= 15 is 0 Å². The highest BCUT2D eigenvalue weighted by atomic mass is 32.1. The molecule has 0 spiro atoms. The van der Waals surface area contributed by atoms with Gasteiger partial charge in [-0.2, -0.15) is 0 Å². The Kier molecular flexibility index (Phi) is 5.96. The van der Waals surface area contributed by atoms with Gasteiger partial charge < -0.3 is 10.1 Å². The number of aromatic nitrogens is 2. The molecule has 5 nitrogen and oxygen atoms in total. The van der Waals surface area contributed by atoms with Crippen LogP contribution < -0.4 is 10.1 Å². The quantitative estimate of drug-likeness (QED) is 0.665. The molecule has 0 saturated heterocycles. The first-order valence-corrected chi connectivity index (χ1v) is 9.40. The maximum atomic E-state index is 12.3. The van der Waals surface area contributed by atoms with E-state index in [1.807, 2.05) is 55.6 Å². The van der Waals surface area contributed by atoms with E-state index in [0.29, 0.717) is 24.3 Å². The van der Waals surface area contributed by atoms with E-state index in [9.17, 15) is 4.79 Å². The highest BCUT2D eigenvalue weighted by Gasteiger charge is 2.11. The Hall–Kier alpha value is -2.73. The second-order valence-corrected chi connectivity index (χ2v) is 7.02. The van der Waals surface area contributed by atoms with Crippen LogP contribution in [0.3, 0.4) is 0 Å². The number of para-hydroxylation sites is 2. The number of amides is 1. The Morgan fingerprint density at radius 3 is 2.73 bits per heavy atom. The number of carbonyl (C=O) groups excluding carboxylic acids is 1. The molecule has 134 valence electrons. The third-order valence-electron chi connectivity index (χ3n) is 3.62. The summed E-state index contributed by atoms with van der Waals surface area (Å²) in [6, 6.07) is 11.3. The molecule has 0 aliphatic rings. The van der Waals surface area contributed by atoms with Crippen LogP contribution in [0.4, 0.5) is 5.69 Å². The number of hydrogen-bond acceptors (Lipinski definition) is 5. The summed E-state index contributed by atoms with van der Waals surface area (Å²) in [5, 5.41) is 5.88. The molecule has 26 heavy (non-hydrogen) atoms. The third-order valence-corrected chi connectivity index (χ3v) is 4.53. The summed E-state index contributed by atoms with van der Waals surface area (Å²) in [6.07, 6.45) is 4.53.